The summed E-state index contributed by atoms with van der Waals surface area (Å²) in [5.74, 6) is -1.61. The molecule has 0 aromatic heterocycles. The number of carbonyl (C=O) groups is 2. The van der Waals surface area contributed by atoms with Crippen LogP contribution >= 0.6 is 0 Å². The zero-order chi connectivity index (χ0) is 26.7. The normalized spacial score (nSPS) is 15.6. The lowest BCUT2D eigenvalue weighted by molar-refractivity contribution is -0.146. The number of hydrogen-bond donors (Lipinski definition) is 0. The van der Waals surface area contributed by atoms with E-state index in [-0.39, 0.29) is 24.4 Å². The molecule has 0 N–H and O–H groups in total. The number of esters is 2. The molecule has 0 unspecified atom stereocenters. The number of rotatable bonds is 9. The molecule has 0 atom stereocenters. The van der Waals surface area contributed by atoms with Crippen molar-refractivity contribution < 1.29 is 19.1 Å². The van der Waals surface area contributed by atoms with Crippen molar-refractivity contribution in [2.45, 2.75) is 25.7 Å². The van der Waals surface area contributed by atoms with E-state index >= 15 is 0 Å². The van der Waals surface area contributed by atoms with E-state index in [4.69, 9.17) is 9.47 Å². The third-order valence-corrected chi connectivity index (χ3v) is 6.58. The average Bonchev–Trinajstić information content (AvgIpc) is 3.68. The molecule has 8 heteroatoms. The van der Waals surface area contributed by atoms with Gasteiger partial charge in [-0.1, -0.05) is 24.3 Å². The molecular weight excluding hydrogens is 480 g/mol. The molecule has 2 aromatic carbocycles. The van der Waals surface area contributed by atoms with Gasteiger partial charge in [0, 0.05) is 37.6 Å². The van der Waals surface area contributed by atoms with Crippen molar-refractivity contribution >= 4 is 35.5 Å². The van der Waals surface area contributed by atoms with Crippen LogP contribution in [-0.2, 0) is 19.1 Å². The molecule has 0 saturated carbocycles. The molecule has 0 amide bonds. The minimum Gasteiger partial charge on any atom is -0.458 e. The van der Waals surface area contributed by atoms with E-state index in [2.05, 4.69) is 9.80 Å². The third kappa shape index (κ3) is 7.02. The van der Waals surface area contributed by atoms with Crippen LogP contribution in [0, 0.1) is 22.7 Å². The minimum atomic E-state index is -0.804. The van der Waals surface area contributed by atoms with Gasteiger partial charge in [-0.3, -0.25) is 0 Å². The van der Waals surface area contributed by atoms with Crippen LogP contribution in [0.5, 0.6) is 0 Å². The molecule has 2 saturated heterocycles. The Morgan fingerprint density at radius 3 is 1.32 bits per heavy atom. The van der Waals surface area contributed by atoms with Gasteiger partial charge in [0.25, 0.3) is 0 Å². The zero-order valence-electron chi connectivity index (χ0n) is 21.3. The molecule has 0 bridgehead atoms. The quantitative estimate of drug-likeness (QED) is 0.210. The summed E-state index contributed by atoms with van der Waals surface area (Å²) < 4.78 is 10.2. The molecule has 8 nitrogen and oxygen atoms in total. The summed E-state index contributed by atoms with van der Waals surface area (Å²) in [5, 5.41) is 18.8. The maximum atomic E-state index is 12.3. The molecule has 194 valence electrons. The fourth-order valence-corrected chi connectivity index (χ4v) is 4.54. The summed E-state index contributed by atoms with van der Waals surface area (Å²) in [7, 11) is 0. The number of nitriles is 2. The van der Waals surface area contributed by atoms with Crippen LogP contribution in [0.4, 0.5) is 11.4 Å². The van der Waals surface area contributed by atoms with Gasteiger partial charge < -0.3 is 19.3 Å². The summed E-state index contributed by atoms with van der Waals surface area (Å²) >= 11 is 0. The Bertz CT molecular complexity index is 1170. The highest BCUT2D eigenvalue weighted by molar-refractivity contribution is 5.98. The van der Waals surface area contributed by atoms with Crippen LogP contribution in [0.2, 0.25) is 0 Å². The van der Waals surface area contributed by atoms with Crippen LogP contribution in [0.3, 0.4) is 0 Å². The molecule has 2 fully saturated rings. The second kappa shape index (κ2) is 13.1. The Kier molecular flexibility index (Phi) is 9.15. The molecule has 2 aliphatic heterocycles. The monoisotopic (exact) mass is 510 g/mol. The van der Waals surface area contributed by atoms with Crippen molar-refractivity contribution in [3.8, 4) is 12.1 Å². The topological polar surface area (TPSA) is 107 Å². The first-order valence-corrected chi connectivity index (χ1v) is 12.9. The highest BCUT2D eigenvalue weighted by Gasteiger charge is 2.16. The van der Waals surface area contributed by atoms with Crippen molar-refractivity contribution in [2.24, 2.45) is 0 Å². The van der Waals surface area contributed by atoms with Crippen molar-refractivity contribution in [2.75, 3.05) is 49.2 Å². The van der Waals surface area contributed by atoms with Gasteiger partial charge in [-0.2, -0.15) is 10.5 Å². The third-order valence-electron chi connectivity index (χ3n) is 6.58. The first-order valence-electron chi connectivity index (χ1n) is 12.9. The zero-order valence-corrected chi connectivity index (χ0v) is 21.3. The smallest absolute Gasteiger partial charge is 0.349 e. The van der Waals surface area contributed by atoms with Gasteiger partial charge in [0.2, 0.25) is 0 Å². The summed E-state index contributed by atoms with van der Waals surface area (Å²) in [6.45, 7) is 3.67. The van der Waals surface area contributed by atoms with Gasteiger partial charge in [-0.25, -0.2) is 9.59 Å². The lowest BCUT2D eigenvalue weighted by atomic mass is 10.1. The van der Waals surface area contributed by atoms with E-state index < -0.39 is 11.9 Å². The Balaban J connectivity index is 1.25. The summed E-state index contributed by atoms with van der Waals surface area (Å²) in [6, 6.07) is 19.0. The molecule has 0 aliphatic carbocycles. The molecule has 2 aliphatic rings. The predicted molar refractivity (Wildman–Crippen MR) is 145 cm³/mol. The highest BCUT2D eigenvalue weighted by Crippen LogP contribution is 2.22. The summed E-state index contributed by atoms with van der Waals surface area (Å²) in [5.41, 5.74) is 3.36. The van der Waals surface area contributed by atoms with E-state index in [1.165, 1.54) is 37.8 Å². The first kappa shape index (κ1) is 26.5. The van der Waals surface area contributed by atoms with Crippen molar-refractivity contribution in [1.29, 1.82) is 10.5 Å². The van der Waals surface area contributed by atoms with Crippen LogP contribution in [0.15, 0.2) is 59.7 Å². The van der Waals surface area contributed by atoms with Gasteiger partial charge in [0.15, 0.2) is 0 Å². The molecule has 0 radical (unpaired) electrons. The standard InChI is InChI=1S/C30H30N4O4/c31-21-25(19-23-5-9-27(10-6-23)33-13-1-2-14-33)29(35)37-17-18-38-30(36)26(22-32)20-24-7-11-28(12-8-24)34-15-3-4-16-34/h5-12,19-20H,1-4,13-18H2/b25-19+,26-20+. The Morgan fingerprint density at radius 2 is 1.00 bits per heavy atom. The van der Waals surface area contributed by atoms with Crippen LogP contribution in [-0.4, -0.2) is 51.3 Å². The largest absolute Gasteiger partial charge is 0.458 e. The second-order valence-electron chi connectivity index (χ2n) is 9.18. The Labute approximate surface area is 223 Å². The number of carbonyl (C=O) groups excluding carboxylic acids is 2. The van der Waals surface area contributed by atoms with Crippen LogP contribution < -0.4 is 9.80 Å². The van der Waals surface area contributed by atoms with E-state index in [0.29, 0.717) is 11.1 Å². The molecule has 2 aromatic rings. The summed E-state index contributed by atoms with van der Waals surface area (Å²) in [6.07, 6.45) is 7.66. The second-order valence-corrected chi connectivity index (χ2v) is 9.18. The summed E-state index contributed by atoms with van der Waals surface area (Å²) in [4.78, 5) is 29.2. The average molecular weight is 511 g/mol. The van der Waals surface area contributed by atoms with Gasteiger partial charge in [0.05, 0.1) is 0 Å². The fourth-order valence-electron chi connectivity index (χ4n) is 4.54. The lowest BCUT2D eigenvalue weighted by Crippen LogP contribution is -2.17. The van der Waals surface area contributed by atoms with E-state index in [1.807, 2.05) is 60.7 Å². The van der Waals surface area contributed by atoms with E-state index in [0.717, 1.165) is 37.6 Å². The minimum absolute atomic E-state index is 0.153. The number of anilines is 2. The van der Waals surface area contributed by atoms with E-state index in [1.54, 1.807) is 0 Å². The predicted octanol–water partition coefficient (Wildman–Crippen LogP) is 4.49. The number of hydrogen-bond acceptors (Lipinski definition) is 8. The molecule has 0 spiro atoms. The molecule has 2 heterocycles. The fraction of sp³-hybridized carbons (Fsp3) is 0.333. The molecular formula is C30H30N4O4. The SMILES string of the molecule is N#C/C(=C\c1ccc(N2CCCC2)cc1)C(=O)OCCOC(=O)/C(C#N)=C/c1ccc(N2CCCC2)cc1. The maximum Gasteiger partial charge on any atom is 0.349 e. The van der Waals surface area contributed by atoms with Crippen molar-refractivity contribution in [3.05, 3.63) is 70.8 Å². The van der Waals surface area contributed by atoms with Gasteiger partial charge in [-0.05, 0) is 73.2 Å². The number of nitrogens with zero attached hydrogens (tertiary/aromatic N) is 4. The molecule has 38 heavy (non-hydrogen) atoms. The van der Waals surface area contributed by atoms with Crippen LogP contribution in [0.25, 0.3) is 12.2 Å². The highest BCUT2D eigenvalue weighted by atomic mass is 16.6. The van der Waals surface area contributed by atoms with Crippen molar-refractivity contribution in [3.63, 3.8) is 0 Å². The van der Waals surface area contributed by atoms with Gasteiger partial charge in [0.1, 0.15) is 36.5 Å². The molecule has 4 rings (SSSR count). The van der Waals surface area contributed by atoms with Crippen LogP contribution in [0.1, 0.15) is 36.8 Å². The van der Waals surface area contributed by atoms with Crippen molar-refractivity contribution in [1.82, 2.24) is 0 Å². The lowest BCUT2D eigenvalue weighted by Gasteiger charge is -2.17. The first-order chi connectivity index (χ1) is 18.6. The number of benzene rings is 2. The van der Waals surface area contributed by atoms with Gasteiger partial charge in [-0.15, -0.1) is 0 Å². The maximum absolute atomic E-state index is 12.3. The Morgan fingerprint density at radius 1 is 0.658 bits per heavy atom. The number of ether oxygens (including phenoxy) is 2. The van der Waals surface area contributed by atoms with E-state index in [9.17, 15) is 20.1 Å². The van der Waals surface area contributed by atoms with Gasteiger partial charge >= 0.3 is 11.9 Å². The Hall–Kier alpha value is -4.56.